The number of rotatable bonds is 5. The summed E-state index contributed by atoms with van der Waals surface area (Å²) >= 11 is 3.59. The summed E-state index contributed by atoms with van der Waals surface area (Å²) < 4.78 is 4.86. The molecule has 0 unspecified atom stereocenters. The topological polar surface area (TPSA) is 38.7 Å². The van der Waals surface area contributed by atoms with E-state index in [0.29, 0.717) is 17.5 Å². The van der Waals surface area contributed by atoms with Gasteiger partial charge in [0.2, 0.25) is 0 Å². The van der Waals surface area contributed by atoms with Crippen LogP contribution in [-0.2, 0) is 0 Å². The van der Waals surface area contributed by atoms with E-state index in [-0.39, 0.29) is 0 Å². The maximum absolute atomic E-state index is 5.32. The molecule has 10 aromatic rings. The summed E-state index contributed by atoms with van der Waals surface area (Å²) in [6.45, 7) is 0. The van der Waals surface area contributed by atoms with Crippen LogP contribution in [0.5, 0.6) is 0 Å². The van der Waals surface area contributed by atoms with Crippen LogP contribution < -0.4 is 0 Å². The van der Waals surface area contributed by atoms with Gasteiger partial charge in [-0.05, 0) is 46.5 Å². The van der Waals surface area contributed by atoms with Crippen LogP contribution in [0.2, 0.25) is 0 Å². The molecule has 0 aliphatic rings. The molecule has 50 heavy (non-hydrogen) atoms. The van der Waals surface area contributed by atoms with Crippen LogP contribution in [0.1, 0.15) is 0 Å². The Morgan fingerprint density at radius 1 is 0.280 bits per heavy atom. The lowest BCUT2D eigenvalue weighted by atomic mass is 9.91. The first-order valence-corrected chi connectivity index (χ1v) is 18.2. The predicted octanol–water partition coefficient (Wildman–Crippen LogP) is 12.9. The van der Waals surface area contributed by atoms with Crippen LogP contribution in [0.15, 0.2) is 164 Å². The Balaban J connectivity index is 1.25. The third-order valence-electron chi connectivity index (χ3n) is 9.40. The Morgan fingerprint density at radius 3 is 1.22 bits per heavy atom. The Kier molecular flexibility index (Phi) is 6.86. The van der Waals surface area contributed by atoms with E-state index in [0.717, 1.165) is 27.8 Å². The largest absolute Gasteiger partial charge is 0.208 e. The summed E-state index contributed by atoms with van der Waals surface area (Å²) in [5, 5.41) is 4.94. The summed E-state index contributed by atoms with van der Waals surface area (Å²) in [5.74, 6) is 2.00. The molecule has 0 atom stereocenters. The maximum atomic E-state index is 5.32. The normalized spacial score (nSPS) is 11.6. The van der Waals surface area contributed by atoms with Crippen LogP contribution >= 0.6 is 22.7 Å². The Bertz CT molecular complexity index is 2750. The van der Waals surface area contributed by atoms with Gasteiger partial charge in [-0.3, -0.25) is 0 Å². The smallest absolute Gasteiger partial charge is 0.165 e. The van der Waals surface area contributed by atoms with Gasteiger partial charge in [0.1, 0.15) is 0 Å². The fourth-order valence-corrected chi connectivity index (χ4v) is 9.51. The van der Waals surface area contributed by atoms with E-state index in [4.69, 9.17) is 15.0 Å². The number of aromatic nitrogens is 3. The van der Waals surface area contributed by atoms with Gasteiger partial charge in [0.15, 0.2) is 17.5 Å². The lowest BCUT2D eigenvalue weighted by Crippen LogP contribution is -2.01. The highest BCUT2D eigenvalue weighted by Gasteiger charge is 2.21. The molecule has 0 amide bonds. The van der Waals surface area contributed by atoms with Gasteiger partial charge in [-0.1, -0.05) is 140 Å². The van der Waals surface area contributed by atoms with Crippen molar-refractivity contribution in [2.45, 2.75) is 0 Å². The molecule has 5 heteroatoms. The SMILES string of the molecule is c1ccc(-c2ccccc2-c2ccccc2-c2nc(-c3cccc4c3sc3ccccc34)nc(-c3cccc4c3sc3ccccc34)n2)cc1. The van der Waals surface area contributed by atoms with Crippen LogP contribution in [-0.4, -0.2) is 15.0 Å². The van der Waals surface area contributed by atoms with E-state index in [1.165, 1.54) is 51.5 Å². The molecule has 234 valence electrons. The quantitative estimate of drug-likeness (QED) is 0.182. The third kappa shape index (κ3) is 4.74. The van der Waals surface area contributed by atoms with E-state index in [1.807, 2.05) is 0 Å². The first-order chi connectivity index (χ1) is 24.8. The van der Waals surface area contributed by atoms with Crippen molar-refractivity contribution < 1.29 is 0 Å². The number of nitrogens with zero attached hydrogens (tertiary/aromatic N) is 3. The second kappa shape index (κ2) is 11.8. The molecule has 0 N–H and O–H groups in total. The van der Waals surface area contributed by atoms with Crippen molar-refractivity contribution in [2.75, 3.05) is 0 Å². The van der Waals surface area contributed by atoms with Crippen LogP contribution in [0.3, 0.4) is 0 Å². The summed E-state index contributed by atoms with van der Waals surface area (Å²) in [7, 11) is 0. The monoisotopic (exact) mass is 673 g/mol. The van der Waals surface area contributed by atoms with Gasteiger partial charge in [0.25, 0.3) is 0 Å². The molecule has 7 aromatic carbocycles. The number of hydrogen-bond donors (Lipinski definition) is 0. The molecule has 0 radical (unpaired) electrons. The van der Waals surface area contributed by atoms with Gasteiger partial charge in [0, 0.05) is 57.0 Å². The molecule has 3 aromatic heterocycles. The zero-order valence-corrected chi connectivity index (χ0v) is 28.4. The molecule has 0 saturated heterocycles. The molecule has 0 aliphatic carbocycles. The first-order valence-electron chi connectivity index (χ1n) is 16.6. The summed E-state index contributed by atoms with van der Waals surface area (Å²) in [5.41, 5.74) is 7.54. The minimum Gasteiger partial charge on any atom is -0.208 e. The minimum absolute atomic E-state index is 0.652. The molecule has 0 saturated carbocycles. The zero-order chi connectivity index (χ0) is 33.0. The van der Waals surface area contributed by atoms with E-state index in [9.17, 15) is 0 Å². The fourth-order valence-electron chi connectivity index (χ4n) is 7.08. The lowest BCUT2D eigenvalue weighted by Gasteiger charge is -2.15. The van der Waals surface area contributed by atoms with E-state index >= 15 is 0 Å². The molecule has 0 aliphatic heterocycles. The van der Waals surface area contributed by atoms with Crippen LogP contribution in [0.25, 0.3) is 96.8 Å². The summed E-state index contributed by atoms with van der Waals surface area (Å²) in [6.07, 6.45) is 0. The van der Waals surface area contributed by atoms with Crippen molar-refractivity contribution in [3.8, 4) is 56.4 Å². The molecular weight excluding hydrogens is 647 g/mol. The van der Waals surface area contributed by atoms with Crippen molar-refractivity contribution in [1.82, 2.24) is 15.0 Å². The van der Waals surface area contributed by atoms with Crippen molar-refractivity contribution in [1.29, 1.82) is 0 Å². The average Bonchev–Trinajstić information content (AvgIpc) is 3.77. The highest BCUT2D eigenvalue weighted by Crippen LogP contribution is 2.43. The van der Waals surface area contributed by atoms with Crippen LogP contribution in [0.4, 0.5) is 0 Å². The lowest BCUT2D eigenvalue weighted by molar-refractivity contribution is 1.08. The Labute approximate surface area is 296 Å². The number of hydrogen-bond acceptors (Lipinski definition) is 5. The zero-order valence-electron chi connectivity index (χ0n) is 26.7. The van der Waals surface area contributed by atoms with Gasteiger partial charge < -0.3 is 0 Å². The molecule has 3 heterocycles. The van der Waals surface area contributed by atoms with Crippen molar-refractivity contribution in [3.63, 3.8) is 0 Å². The van der Waals surface area contributed by atoms with Crippen LogP contribution in [0, 0.1) is 0 Å². The third-order valence-corrected chi connectivity index (χ3v) is 11.8. The molecule has 0 fully saturated rings. The second-order valence-corrected chi connectivity index (χ2v) is 14.4. The van der Waals surface area contributed by atoms with Gasteiger partial charge in [-0.25, -0.2) is 15.0 Å². The molecule has 3 nitrogen and oxygen atoms in total. The second-order valence-electron chi connectivity index (χ2n) is 12.3. The number of benzene rings is 7. The highest BCUT2D eigenvalue weighted by atomic mass is 32.1. The van der Waals surface area contributed by atoms with E-state index in [1.54, 1.807) is 22.7 Å². The van der Waals surface area contributed by atoms with Gasteiger partial charge >= 0.3 is 0 Å². The number of fused-ring (bicyclic) bond motifs is 6. The maximum Gasteiger partial charge on any atom is 0.165 e. The van der Waals surface area contributed by atoms with Crippen molar-refractivity contribution in [2.24, 2.45) is 0 Å². The van der Waals surface area contributed by atoms with E-state index < -0.39 is 0 Å². The van der Waals surface area contributed by atoms with Gasteiger partial charge in [-0.2, -0.15) is 0 Å². The molecule has 0 bridgehead atoms. The van der Waals surface area contributed by atoms with Gasteiger partial charge in [0.05, 0.1) is 0 Å². The van der Waals surface area contributed by atoms with Crippen molar-refractivity contribution in [3.05, 3.63) is 164 Å². The first kappa shape index (κ1) is 29.0. The summed E-state index contributed by atoms with van der Waals surface area (Å²) in [4.78, 5) is 15.9. The predicted molar refractivity (Wildman–Crippen MR) is 213 cm³/mol. The molecule has 0 spiro atoms. The number of thiophene rings is 2. The van der Waals surface area contributed by atoms with E-state index in [2.05, 4.69) is 164 Å². The highest BCUT2D eigenvalue weighted by molar-refractivity contribution is 7.26. The fraction of sp³-hybridized carbons (Fsp3) is 0. The minimum atomic E-state index is 0.652. The molecule has 10 rings (SSSR count). The summed E-state index contributed by atoms with van der Waals surface area (Å²) in [6, 6.07) is 57.8. The Hall–Kier alpha value is -6.01. The van der Waals surface area contributed by atoms with Crippen molar-refractivity contribution >= 4 is 63.0 Å². The standard InChI is InChI=1S/C45H27N3S2/c1-2-14-28(15-3-1)29-16-4-5-17-30(29)31-18-6-7-21-36(31)43-46-44(37-24-12-22-34-32-19-8-10-26-39(32)49-41(34)37)48-45(47-43)38-25-13-23-35-33-20-9-11-27-40(33)50-42(35)38/h1-27H. The Morgan fingerprint density at radius 2 is 0.660 bits per heavy atom. The van der Waals surface area contributed by atoms with Gasteiger partial charge in [-0.15, -0.1) is 22.7 Å². The molecular formula is C45H27N3S2. The average molecular weight is 674 g/mol.